The Hall–Kier alpha value is -1.46. The first-order valence-corrected chi connectivity index (χ1v) is 7.17. The molecule has 0 aliphatic carbocycles. The van der Waals surface area contributed by atoms with Crippen LogP contribution in [0.3, 0.4) is 0 Å². The van der Waals surface area contributed by atoms with E-state index in [4.69, 9.17) is 16.1 Å². The van der Waals surface area contributed by atoms with Gasteiger partial charge < -0.3 is 9.84 Å². The fourth-order valence-corrected chi connectivity index (χ4v) is 1.99. The molecule has 2 rings (SSSR count). The lowest BCUT2D eigenvalue weighted by Gasteiger charge is -2.12. The van der Waals surface area contributed by atoms with Crippen molar-refractivity contribution in [3.8, 4) is 0 Å². The van der Waals surface area contributed by atoms with E-state index < -0.39 is 0 Å². The summed E-state index contributed by atoms with van der Waals surface area (Å²) in [6.07, 6.45) is 0. The molecule has 1 atom stereocenters. The van der Waals surface area contributed by atoms with Crippen molar-refractivity contribution < 1.29 is 8.91 Å². The zero-order valence-corrected chi connectivity index (χ0v) is 13.3. The van der Waals surface area contributed by atoms with E-state index >= 15 is 0 Å². The molecule has 6 heteroatoms. The highest BCUT2D eigenvalue weighted by Crippen LogP contribution is 2.22. The summed E-state index contributed by atoms with van der Waals surface area (Å²) < 4.78 is 18.9. The fourth-order valence-electron chi connectivity index (χ4n) is 1.76. The normalized spacial score (nSPS) is 13.4. The van der Waals surface area contributed by atoms with Gasteiger partial charge >= 0.3 is 0 Å². The third-order valence-corrected chi connectivity index (χ3v) is 3.48. The Morgan fingerprint density at radius 2 is 2.10 bits per heavy atom. The standard InChI is InChI=1S/C15H19ClFN3O/c1-9(13-19-14(20-21-13)15(2,3)4)18-8-10-11(16)6-5-7-12(10)17/h5-7,9,18H,8H2,1-4H3. The molecule has 1 aromatic heterocycles. The van der Waals surface area contributed by atoms with Crippen molar-refractivity contribution in [3.63, 3.8) is 0 Å². The molecule has 2 aromatic rings. The number of hydrogen-bond donors (Lipinski definition) is 1. The Morgan fingerprint density at radius 3 is 2.67 bits per heavy atom. The van der Waals surface area contributed by atoms with Gasteiger partial charge in [-0.3, -0.25) is 0 Å². The molecule has 0 fully saturated rings. The summed E-state index contributed by atoms with van der Waals surface area (Å²) >= 11 is 5.99. The van der Waals surface area contributed by atoms with Gasteiger partial charge in [0.25, 0.3) is 0 Å². The van der Waals surface area contributed by atoms with Gasteiger partial charge in [-0.1, -0.05) is 43.6 Å². The van der Waals surface area contributed by atoms with Crippen LogP contribution in [0, 0.1) is 5.82 Å². The quantitative estimate of drug-likeness (QED) is 0.927. The van der Waals surface area contributed by atoms with Crippen molar-refractivity contribution in [1.29, 1.82) is 0 Å². The molecular weight excluding hydrogens is 293 g/mol. The van der Waals surface area contributed by atoms with E-state index in [1.165, 1.54) is 6.07 Å². The summed E-state index contributed by atoms with van der Waals surface area (Å²) in [5, 5.41) is 7.51. The van der Waals surface area contributed by atoms with Crippen LogP contribution in [-0.2, 0) is 12.0 Å². The maximum absolute atomic E-state index is 13.7. The van der Waals surface area contributed by atoms with E-state index in [2.05, 4.69) is 15.5 Å². The Morgan fingerprint density at radius 1 is 1.38 bits per heavy atom. The molecule has 114 valence electrons. The molecule has 4 nitrogen and oxygen atoms in total. The molecule has 1 unspecified atom stereocenters. The molecule has 1 aromatic carbocycles. The smallest absolute Gasteiger partial charge is 0.243 e. The maximum Gasteiger partial charge on any atom is 0.243 e. The molecule has 0 saturated carbocycles. The second-order valence-corrected chi connectivity index (χ2v) is 6.42. The lowest BCUT2D eigenvalue weighted by Crippen LogP contribution is -2.20. The first-order chi connectivity index (χ1) is 9.79. The second-order valence-electron chi connectivity index (χ2n) is 6.01. The molecule has 1 heterocycles. The van der Waals surface area contributed by atoms with Crippen LogP contribution in [0.1, 0.15) is 51.0 Å². The monoisotopic (exact) mass is 311 g/mol. The molecule has 1 N–H and O–H groups in total. The van der Waals surface area contributed by atoms with Crippen molar-refractivity contribution in [2.45, 2.75) is 45.7 Å². The number of nitrogens with one attached hydrogen (secondary N) is 1. The molecule has 0 bridgehead atoms. The molecule has 0 radical (unpaired) electrons. The minimum Gasteiger partial charge on any atom is -0.338 e. The number of nitrogens with zero attached hydrogens (tertiary/aromatic N) is 2. The van der Waals surface area contributed by atoms with Gasteiger partial charge in [-0.05, 0) is 19.1 Å². The van der Waals surface area contributed by atoms with E-state index in [9.17, 15) is 4.39 Å². The van der Waals surface area contributed by atoms with Gasteiger partial charge in [0, 0.05) is 22.5 Å². The number of aromatic nitrogens is 2. The lowest BCUT2D eigenvalue weighted by molar-refractivity contribution is 0.330. The van der Waals surface area contributed by atoms with Gasteiger partial charge in [0.05, 0.1) is 6.04 Å². The largest absolute Gasteiger partial charge is 0.338 e. The average molecular weight is 312 g/mol. The lowest BCUT2D eigenvalue weighted by atomic mass is 9.96. The van der Waals surface area contributed by atoms with E-state index in [-0.39, 0.29) is 17.3 Å². The predicted molar refractivity (Wildman–Crippen MR) is 79.7 cm³/mol. The van der Waals surface area contributed by atoms with Crippen molar-refractivity contribution in [1.82, 2.24) is 15.5 Å². The molecule has 0 aliphatic heterocycles. The first kappa shape index (κ1) is 15.9. The summed E-state index contributed by atoms with van der Waals surface area (Å²) in [5.74, 6) is 0.797. The Labute approximate surface area is 128 Å². The van der Waals surface area contributed by atoms with E-state index in [1.54, 1.807) is 12.1 Å². The summed E-state index contributed by atoms with van der Waals surface area (Å²) in [6, 6.07) is 4.44. The first-order valence-electron chi connectivity index (χ1n) is 6.79. The molecular formula is C15H19ClFN3O. The molecule has 0 amide bonds. The molecule has 21 heavy (non-hydrogen) atoms. The SMILES string of the molecule is CC(NCc1c(F)cccc1Cl)c1nc(C(C)(C)C)no1. The Balaban J connectivity index is 2.05. The van der Waals surface area contributed by atoms with Crippen LogP contribution < -0.4 is 5.32 Å². The topological polar surface area (TPSA) is 51.0 Å². The summed E-state index contributed by atoms with van der Waals surface area (Å²) in [6.45, 7) is 8.21. The van der Waals surface area contributed by atoms with E-state index in [0.29, 0.717) is 28.8 Å². The van der Waals surface area contributed by atoms with Crippen LogP contribution in [-0.4, -0.2) is 10.1 Å². The highest BCUT2D eigenvalue weighted by Gasteiger charge is 2.23. The number of rotatable bonds is 4. The number of benzene rings is 1. The third kappa shape index (κ3) is 3.80. The van der Waals surface area contributed by atoms with Gasteiger partial charge in [0.1, 0.15) is 5.82 Å². The zero-order valence-electron chi connectivity index (χ0n) is 12.6. The van der Waals surface area contributed by atoms with Crippen molar-refractivity contribution in [3.05, 3.63) is 46.3 Å². The van der Waals surface area contributed by atoms with E-state index in [0.717, 1.165) is 0 Å². The maximum atomic E-state index is 13.7. The van der Waals surface area contributed by atoms with Crippen LogP contribution in [0.25, 0.3) is 0 Å². The Kier molecular flexibility index (Phi) is 4.64. The number of halogens is 2. The van der Waals surface area contributed by atoms with Gasteiger partial charge in [0.15, 0.2) is 5.82 Å². The minimum atomic E-state index is -0.330. The van der Waals surface area contributed by atoms with Crippen molar-refractivity contribution in [2.75, 3.05) is 0 Å². The second kappa shape index (κ2) is 6.12. The van der Waals surface area contributed by atoms with Crippen LogP contribution >= 0.6 is 11.6 Å². The van der Waals surface area contributed by atoms with Gasteiger partial charge in [-0.25, -0.2) is 4.39 Å². The van der Waals surface area contributed by atoms with Gasteiger partial charge in [0.2, 0.25) is 5.89 Å². The third-order valence-electron chi connectivity index (χ3n) is 3.13. The van der Waals surface area contributed by atoms with Crippen LogP contribution in [0.5, 0.6) is 0 Å². The van der Waals surface area contributed by atoms with Gasteiger partial charge in [-0.15, -0.1) is 0 Å². The van der Waals surface area contributed by atoms with Crippen LogP contribution in [0.2, 0.25) is 5.02 Å². The molecule has 0 aliphatic rings. The zero-order chi connectivity index (χ0) is 15.6. The Bertz CT molecular complexity index is 601. The minimum absolute atomic E-state index is 0.170. The highest BCUT2D eigenvalue weighted by molar-refractivity contribution is 6.31. The summed E-state index contributed by atoms with van der Waals surface area (Å²) in [4.78, 5) is 4.37. The highest BCUT2D eigenvalue weighted by atomic mass is 35.5. The van der Waals surface area contributed by atoms with Gasteiger partial charge in [-0.2, -0.15) is 4.98 Å². The average Bonchev–Trinajstić information content (AvgIpc) is 2.87. The molecule has 0 saturated heterocycles. The van der Waals surface area contributed by atoms with Crippen molar-refractivity contribution >= 4 is 11.6 Å². The number of hydrogen-bond acceptors (Lipinski definition) is 4. The van der Waals surface area contributed by atoms with E-state index in [1.807, 2.05) is 27.7 Å². The van der Waals surface area contributed by atoms with Crippen LogP contribution in [0.15, 0.2) is 22.7 Å². The fraction of sp³-hybridized carbons (Fsp3) is 0.467. The predicted octanol–water partition coefficient (Wildman–Crippen LogP) is 4.01. The summed E-state index contributed by atoms with van der Waals surface area (Å²) in [5.41, 5.74) is 0.262. The van der Waals surface area contributed by atoms with Crippen molar-refractivity contribution in [2.24, 2.45) is 0 Å². The summed E-state index contributed by atoms with van der Waals surface area (Å²) in [7, 11) is 0. The van der Waals surface area contributed by atoms with Crippen LogP contribution in [0.4, 0.5) is 4.39 Å². The molecule has 0 spiro atoms.